The number of aliphatic hydroxyl groups is 1. The molecule has 1 aromatic carbocycles. The second-order valence-electron chi connectivity index (χ2n) is 6.43. The Labute approximate surface area is 140 Å². The topological polar surface area (TPSA) is 32.6 Å². The van der Waals surface area contributed by atoms with Crippen molar-refractivity contribution in [3.05, 3.63) is 35.1 Å². The molecule has 0 unspecified atom stereocenters. The van der Waals surface area contributed by atoms with Crippen LogP contribution in [0.1, 0.15) is 58.1 Å². The molecule has 0 aliphatic rings. The summed E-state index contributed by atoms with van der Waals surface area (Å²) in [5.74, 6) is -4.18. The van der Waals surface area contributed by atoms with Crippen LogP contribution in [0.3, 0.4) is 0 Å². The van der Waals surface area contributed by atoms with Gasteiger partial charge in [-0.2, -0.15) is 0 Å². The summed E-state index contributed by atoms with van der Waals surface area (Å²) >= 11 is 1.28. The van der Waals surface area contributed by atoms with E-state index in [1.54, 1.807) is 6.92 Å². The van der Waals surface area contributed by atoms with Crippen molar-refractivity contribution < 1.29 is 18.3 Å². The normalized spacial score (nSPS) is 13.5. The highest BCUT2D eigenvalue weighted by Gasteiger charge is 2.34. The maximum Gasteiger partial charge on any atom is 0.276 e. The van der Waals surface area contributed by atoms with Gasteiger partial charge in [0.1, 0.15) is 5.82 Å². The number of unbranched alkanes of at least 4 members (excludes halogenated alkanes) is 1. The van der Waals surface area contributed by atoms with E-state index in [2.05, 4.69) is 4.40 Å². The third-order valence-electron chi connectivity index (χ3n) is 3.14. The molecular weight excluding hydrogens is 323 g/mol. The van der Waals surface area contributed by atoms with Gasteiger partial charge in [-0.3, -0.25) is 0 Å². The first kappa shape index (κ1) is 20.0. The summed E-state index contributed by atoms with van der Waals surface area (Å²) in [4.78, 5) is 0. The first-order valence-corrected chi connectivity index (χ1v) is 8.36. The fourth-order valence-electron chi connectivity index (χ4n) is 1.94. The summed E-state index contributed by atoms with van der Waals surface area (Å²) in [6, 6.07) is 4.00. The molecule has 1 aromatic rings. The third kappa shape index (κ3) is 6.18. The van der Waals surface area contributed by atoms with Crippen LogP contribution in [0.4, 0.5) is 13.2 Å². The lowest BCUT2D eigenvalue weighted by Gasteiger charge is -2.19. The Morgan fingerprint density at radius 3 is 2.43 bits per heavy atom. The fourth-order valence-corrected chi connectivity index (χ4v) is 2.45. The summed E-state index contributed by atoms with van der Waals surface area (Å²) < 4.78 is 47.0. The van der Waals surface area contributed by atoms with Crippen LogP contribution in [0.25, 0.3) is 0 Å². The molecule has 6 heteroatoms. The van der Waals surface area contributed by atoms with Crippen molar-refractivity contribution >= 4 is 17.7 Å². The molecule has 0 saturated heterocycles. The molecular formula is C17H24F3NOS. The van der Waals surface area contributed by atoms with Crippen molar-refractivity contribution in [3.8, 4) is 0 Å². The zero-order chi connectivity index (χ0) is 17.7. The van der Waals surface area contributed by atoms with Gasteiger partial charge < -0.3 is 5.11 Å². The standard InChI is InChI=1S/C17H24F3NOS/c1-12(21-23-16(2,3)4)13-8-7-9-14(15(13)18)17(19,20)10-5-6-11-22/h7-9,22H,5-6,10-11H2,1-4H3/b21-12+. The first-order valence-electron chi connectivity index (χ1n) is 7.59. The fraction of sp³-hybridized carbons (Fsp3) is 0.588. The summed E-state index contributed by atoms with van der Waals surface area (Å²) in [7, 11) is 0. The highest BCUT2D eigenvalue weighted by Crippen LogP contribution is 2.36. The van der Waals surface area contributed by atoms with Gasteiger partial charge >= 0.3 is 0 Å². The molecule has 0 radical (unpaired) electrons. The Hall–Kier alpha value is -1.01. The number of aliphatic hydroxyl groups excluding tert-OH is 1. The van der Waals surface area contributed by atoms with Crippen LogP contribution in [-0.4, -0.2) is 22.2 Å². The van der Waals surface area contributed by atoms with Crippen molar-refractivity contribution in [2.45, 2.75) is 57.6 Å². The van der Waals surface area contributed by atoms with Gasteiger partial charge in [-0.25, -0.2) is 17.6 Å². The van der Waals surface area contributed by atoms with Gasteiger partial charge in [-0.05, 0) is 52.5 Å². The average Bonchev–Trinajstić information content (AvgIpc) is 2.44. The summed E-state index contributed by atoms with van der Waals surface area (Å²) in [6.07, 6.45) is -0.0689. The highest BCUT2D eigenvalue weighted by molar-refractivity contribution is 7.99. The molecule has 2 nitrogen and oxygen atoms in total. The summed E-state index contributed by atoms with van der Waals surface area (Å²) in [5.41, 5.74) is -0.125. The molecule has 0 spiro atoms. The predicted molar refractivity (Wildman–Crippen MR) is 90.8 cm³/mol. The van der Waals surface area contributed by atoms with Crippen LogP contribution in [0.2, 0.25) is 0 Å². The number of rotatable bonds is 7. The van der Waals surface area contributed by atoms with Gasteiger partial charge in [0.15, 0.2) is 0 Å². The van der Waals surface area contributed by atoms with Crippen LogP contribution in [-0.2, 0) is 5.92 Å². The average molecular weight is 347 g/mol. The van der Waals surface area contributed by atoms with E-state index in [1.165, 1.54) is 24.1 Å². The van der Waals surface area contributed by atoms with E-state index in [-0.39, 0.29) is 29.8 Å². The lowest BCUT2D eigenvalue weighted by Crippen LogP contribution is -2.17. The van der Waals surface area contributed by atoms with Crippen LogP contribution >= 0.6 is 11.9 Å². The molecule has 130 valence electrons. The summed E-state index contributed by atoms with van der Waals surface area (Å²) in [6.45, 7) is 7.38. The van der Waals surface area contributed by atoms with Crippen LogP contribution in [0, 0.1) is 5.82 Å². The van der Waals surface area contributed by atoms with Crippen molar-refractivity contribution in [1.82, 2.24) is 0 Å². The number of halogens is 3. The molecule has 0 saturated carbocycles. The Bertz CT molecular complexity index is 553. The lowest BCUT2D eigenvalue weighted by molar-refractivity contribution is -0.0198. The zero-order valence-corrected chi connectivity index (χ0v) is 14.8. The van der Waals surface area contributed by atoms with Gasteiger partial charge in [0.2, 0.25) is 0 Å². The molecule has 0 atom stereocenters. The van der Waals surface area contributed by atoms with Crippen molar-refractivity contribution in [2.24, 2.45) is 4.40 Å². The van der Waals surface area contributed by atoms with Crippen molar-refractivity contribution in [2.75, 3.05) is 6.61 Å². The molecule has 0 amide bonds. The largest absolute Gasteiger partial charge is 0.396 e. The zero-order valence-electron chi connectivity index (χ0n) is 14.0. The Balaban J connectivity index is 3.06. The van der Waals surface area contributed by atoms with E-state index < -0.39 is 23.7 Å². The van der Waals surface area contributed by atoms with E-state index >= 15 is 0 Å². The molecule has 0 bridgehead atoms. The molecule has 0 aliphatic carbocycles. The van der Waals surface area contributed by atoms with E-state index in [0.717, 1.165) is 6.07 Å². The van der Waals surface area contributed by atoms with Crippen molar-refractivity contribution in [3.63, 3.8) is 0 Å². The van der Waals surface area contributed by atoms with Crippen LogP contribution in [0.15, 0.2) is 22.6 Å². The Kier molecular flexibility index (Phi) is 7.14. The minimum absolute atomic E-state index is 0.0982. The predicted octanol–water partition coefficient (Wildman–Crippen LogP) is 5.34. The van der Waals surface area contributed by atoms with Gasteiger partial charge in [-0.15, -0.1) is 0 Å². The monoisotopic (exact) mass is 347 g/mol. The molecule has 0 aromatic heterocycles. The number of hydrogen-bond donors (Lipinski definition) is 1. The number of nitrogens with zero attached hydrogens (tertiary/aromatic N) is 1. The number of hydrogen-bond acceptors (Lipinski definition) is 3. The minimum atomic E-state index is -3.26. The molecule has 1 N–H and O–H groups in total. The maximum absolute atomic E-state index is 14.5. The van der Waals surface area contributed by atoms with Gasteiger partial charge in [0.05, 0.1) is 11.3 Å². The first-order chi connectivity index (χ1) is 10.6. The van der Waals surface area contributed by atoms with Gasteiger partial charge in [0.25, 0.3) is 5.92 Å². The SMILES string of the molecule is C/C(=N\SC(C)(C)C)c1cccc(C(F)(F)CCCCO)c1F. The van der Waals surface area contributed by atoms with E-state index in [0.29, 0.717) is 5.71 Å². The van der Waals surface area contributed by atoms with Crippen LogP contribution in [0.5, 0.6) is 0 Å². The van der Waals surface area contributed by atoms with Gasteiger partial charge in [-0.1, -0.05) is 18.2 Å². The number of alkyl halides is 2. The van der Waals surface area contributed by atoms with Crippen molar-refractivity contribution in [1.29, 1.82) is 0 Å². The third-order valence-corrected chi connectivity index (χ3v) is 4.05. The Morgan fingerprint density at radius 1 is 1.22 bits per heavy atom. The Morgan fingerprint density at radius 2 is 1.87 bits per heavy atom. The highest BCUT2D eigenvalue weighted by atomic mass is 32.2. The second-order valence-corrected chi connectivity index (χ2v) is 8.02. The molecule has 1 rings (SSSR count). The minimum Gasteiger partial charge on any atom is -0.396 e. The lowest BCUT2D eigenvalue weighted by atomic mass is 9.98. The number of benzene rings is 1. The molecule has 0 aliphatic heterocycles. The summed E-state index contributed by atoms with van der Waals surface area (Å²) in [5, 5.41) is 8.69. The molecule has 23 heavy (non-hydrogen) atoms. The molecule has 0 fully saturated rings. The second kappa shape index (κ2) is 8.20. The van der Waals surface area contributed by atoms with Crippen LogP contribution < -0.4 is 0 Å². The van der Waals surface area contributed by atoms with E-state index in [1.807, 2.05) is 20.8 Å². The molecule has 0 heterocycles. The van der Waals surface area contributed by atoms with E-state index in [9.17, 15) is 13.2 Å². The van der Waals surface area contributed by atoms with Gasteiger partial charge in [0, 0.05) is 23.3 Å². The van der Waals surface area contributed by atoms with E-state index in [4.69, 9.17) is 5.11 Å². The quantitative estimate of drug-likeness (QED) is 0.410. The smallest absolute Gasteiger partial charge is 0.276 e. The maximum atomic E-state index is 14.5.